The first-order valence-corrected chi connectivity index (χ1v) is 6.66. The van der Waals surface area contributed by atoms with Crippen LogP contribution in [0.15, 0.2) is 0 Å². The molecule has 0 aromatic heterocycles. The zero-order valence-electron chi connectivity index (χ0n) is 13.2. The SMILES string of the molecule is CC(C)C(C)(C)COC(C)(C)C(C)(C)C(C)O. The zero-order chi connectivity index (χ0) is 14.1. The Labute approximate surface area is 108 Å². The molecule has 2 nitrogen and oxygen atoms in total. The minimum absolute atomic E-state index is 0.159. The van der Waals surface area contributed by atoms with Gasteiger partial charge >= 0.3 is 0 Å². The Balaban J connectivity index is 4.68. The van der Waals surface area contributed by atoms with Gasteiger partial charge in [0.05, 0.1) is 18.3 Å². The van der Waals surface area contributed by atoms with E-state index in [1.807, 2.05) is 6.92 Å². The van der Waals surface area contributed by atoms with E-state index < -0.39 is 0 Å². The second kappa shape index (κ2) is 5.27. The van der Waals surface area contributed by atoms with Crippen molar-refractivity contribution in [2.45, 2.75) is 74.0 Å². The van der Waals surface area contributed by atoms with Crippen LogP contribution in [0.25, 0.3) is 0 Å². The molecule has 0 saturated heterocycles. The van der Waals surface area contributed by atoms with Crippen molar-refractivity contribution >= 4 is 0 Å². The van der Waals surface area contributed by atoms with E-state index in [9.17, 15) is 5.11 Å². The summed E-state index contributed by atoms with van der Waals surface area (Å²) in [4.78, 5) is 0. The van der Waals surface area contributed by atoms with E-state index in [0.29, 0.717) is 12.5 Å². The standard InChI is InChI=1S/C15H32O2/c1-11(2)13(4,5)10-17-15(8,9)14(6,7)12(3)16/h11-12,16H,10H2,1-9H3. The number of aliphatic hydroxyl groups excluding tert-OH is 1. The Hall–Kier alpha value is -0.0800. The lowest BCUT2D eigenvalue weighted by molar-refractivity contribution is -0.158. The van der Waals surface area contributed by atoms with E-state index >= 15 is 0 Å². The fourth-order valence-corrected chi connectivity index (χ4v) is 1.22. The highest BCUT2D eigenvalue weighted by atomic mass is 16.5. The van der Waals surface area contributed by atoms with Crippen molar-refractivity contribution in [3.8, 4) is 0 Å². The van der Waals surface area contributed by atoms with Crippen molar-refractivity contribution < 1.29 is 9.84 Å². The van der Waals surface area contributed by atoms with Gasteiger partial charge in [0, 0.05) is 5.41 Å². The van der Waals surface area contributed by atoms with Crippen LogP contribution >= 0.6 is 0 Å². The van der Waals surface area contributed by atoms with Crippen LogP contribution in [0.5, 0.6) is 0 Å². The molecule has 0 amide bonds. The van der Waals surface area contributed by atoms with Gasteiger partial charge in [0.2, 0.25) is 0 Å². The van der Waals surface area contributed by atoms with Gasteiger partial charge in [-0.1, -0.05) is 41.5 Å². The highest BCUT2D eigenvalue weighted by molar-refractivity contribution is 4.92. The molecule has 1 unspecified atom stereocenters. The zero-order valence-corrected chi connectivity index (χ0v) is 13.2. The molecule has 0 fully saturated rings. The number of aliphatic hydroxyl groups is 1. The molecule has 0 radical (unpaired) electrons. The molecule has 17 heavy (non-hydrogen) atoms. The molecule has 0 rings (SSSR count). The summed E-state index contributed by atoms with van der Waals surface area (Å²) in [7, 11) is 0. The fraction of sp³-hybridized carbons (Fsp3) is 1.00. The van der Waals surface area contributed by atoms with Crippen molar-refractivity contribution in [2.24, 2.45) is 16.7 Å². The van der Waals surface area contributed by atoms with Gasteiger partial charge < -0.3 is 9.84 Å². The first-order chi connectivity index (χ1) is 7.34. The lowest BCUT2D eigenvalue weighted by Crippen LogP contribution is -2.49. The summed E-state index contributed by atoms with van der Waals surface area (Å²) < 4.78 is 6.12. The smallest absolute Gasteiger partial charge is 0.0701 e. The van der Waals surface area contributed by atoms with Gasteiger partial charge in [-0.25, -0.2) is 0 Å². The average molecular weight is 244 g/mol. The van der Waals surface area contributed by atoms with Crippen LogP contribution in [0, 0.1) is 16.7 Å². The molecule has 0 heterocycles. The summed E-state index contributed by atoms with van der Waals surface area (Å²) in [6.45, 7) is 19.7. The monoisotopic (exact) mass is 244 g/mol. The van der Waals surface area contributed by atoms with Crippen molar-refractivity contribution in [3.63, 3.8) is 0 Å². The fourth-order valence-electron chi connectivity index (χ4n) is 1.22. The Kier molecular flexibility index (Phi) is 5.25. The Morgan fingerprint density at radius 3 is 1.65 bits per heavy atom. The lowest BCUT2D eigenvalue weighted by atomic mass is 9.73. The molecule has 1 atom stereocenters. The molecule has 0 saturated carbocycles. The minimum atomic E-state index is -0.389. The number of rotatable bonds is 6. The van der Waals surface area contributed by atoms with Crippen LogP contribution in [0.4, 0.5) is 0 Å². The summed E-state index contributed by atoms with van der Waals surface area (Å²) in [6, 6.07) is 0. The summed E-state index contributed by atoms with van der Waals surface area (Å²) in [5.74, 6) is 0.577. The molecule has 2 heteroatoms. The lowest BCUT2D eigenvalue weighted by Gasteiger charge is -2.45. The topological polar surface area (TPSA) is 29.5 Å². The Morgan fingerprint density at radius 1 is 0.941 bits per heavy atom. The third-order valence-corrected chi connectivity index (χ3v) is 4.96. The summed E-state index contributed by atoms with van der Waals surface area (Å²) in [5, 5.41) is 9.87. The number of ether oxygens (including phenoxy) is 1. The molecule has 0 spiro atoms. The van der Waals surface area contributed by atoms with Gasteiger partial charge in [-0.05, 0) is 32.1 Å². The maximum Gasteiger partial charge on any atom is 0.0701 e. The van der Waals surface area contributed by atoms with Crippen LogP contribution < -0.4 is 0 Å². The number of hydrogen-bond donors (Lipinski definition) is 1. The first kappa shape index (κ1) is 16.9. The van der Waals surface area contributed by atoms with Crippen LogP contribution in [-0.4, -0.2) is 23.4 Å². The van der Waals surface area contributed by atoms with Gasteiger partial charge in [-0.2, -0.15) is 0 Å². The normalized spacial score (nSPS) is 16.4. The van der Waals surface area contributed by atoms with Crippen molar-refractivity contribution in [2.75, 3.05) is 6.61 Å². The number of hydrogen-bond acceptors (Lipinski definition) is 2. The second-order valence-corrected chi connectivity index (χ2v) is 7.34. The van der Waals surface area contributed by atoms with E-state index in [1.165, 1.54) is 0 Å². The van der Waals surface area contributed by atoms with Gasteiger partial charge in [0.25, 0.3) is 0 Å². The third kappa shape index (κ3) is 3.96. The largest absolute Gasteiger partial charge is 0.393 e. The molecule has 0 aliphatic carbocycles. The third-order valence-electron chi connectivity index (χ3n) is 4.96. The summed E-state index contributed by atoms with van der Waals surface area (Å²) >= 11 is 0. The molecule has 0 aliphatic rings. The van der Waals surface area contributed by atoms with E-state index in [-0.39, 0.29) is 22.5 Å². The predicted molar refractivity (Wildman–Crippen MR) is 74.1 cm³/mol. The van der Waals surface area contributed by atoms with Crippen LogP contribution in [0.1, 0.15) is 62.3 Å². The molecule has 0 aliphatic heterocycles. The van der Waals surface area contributed by atoms with Gasteiger partial charge in [-0.3, -0.25) is 0 Å². The predicted octanol–water partition coefficient (Wildman–Crippen LogP) is 3.87. The average Bonchev–Trinajstić information content (AvgIpc) is 2.14. The first-order valence-electron chi connectivity index (χ1n) is 6.66. The van der Waals surface area contributed by atoms with Gasteiger partial charge in [0.15, 0.2) is 0 Å². The molecule has 0 bridgehead atoms. The summed E-state index contributed by atoms with van der Waals surface area (Å²) in [5.41, 5.74) is -0.445. The van der Waals surface area contributed by atoms with Crippen molar-refractivity contribution in [1.29, 1.82) is 0 Å². The van der Waals surface area contributed by atoms with E-state index in [2.05, 4.69) is 55.4 Å². The van der Waals surface area contributed by atoms with Crippen LogP contribution in [0.2, 0.25) is 0 Å². The van der Waals surface area contributed by atoms with Crippen molar-refractivity contribution in [1.82, 2.24) is 0 Å². The van der Waals surface area contributed by atoms with Gasteiger partial charge in [0.1, 0.15) is 0 Å². The van der Waals surface area contributed by atoms with E-state index in [4.69, 9.17) is 4.74 Å². The second-order valence-electron chi connectivity index (χ2n) is 7.34. The molecule has 104 valence electrons. The molecule has 0 aromatic rings. The van der Waals surface area contributed by atoms with E-state index in [1.54, 1.807) is 0 Å². The highest BCUT2D eigenvalue weighted by Crippen LogP contribution is 2.39. The van der Waals surface area contributed by atoms with E-state index in [0.717, 1.165) is 0 Å². The van der Waals surface area contributed by atoms with Gasteiger partial charge in [-0.15, -0.1) is 0 Å². The minimum Gasteiger partial charge on any atom is -0.393 e. The molecule has 0 aromatic carbocycles. The van der Waals surface area contributed by atoms with Crippen LogP contribution in [0.3, 0.4) is 0 Å². The van der Waals surface area contributed by atoms with Crippen molar-refractivity contribution in [3.05, 3.63) is 0 Å². The summed E-state index contributed by atoms with van der Waals surface area (Å²) in [6.07, 6.45) is -0.389. The quantitative estimate of drug-likeness (QED) is 0.768. The maximum absolute atomic E-state index is 9.87. The molecular formula is C15H32O2. The molecule has 1 N–H and O–H groups in total. The Bertz CT molecular complexity index is 237. The Morgan fingerprint density at radius 2 is 1.35 bits per heavy atom. The molecular weight excluding hydrogens is 212 g/mol. The van der Waals surface area contributed by atoms with Crippen LogP contribution in [-0.2, 0) is 4.74 Å². The highest BCUT2D eigenvalue weighted by Gasteiger charge is 2.42. The maximum atomic E-state index is 9.87.